The summed E-state index contributed by atoms with van der Waals surface area (Å²) in [6.45, 7) is 2.69. The molecule has 1 aromatic heterocycles. The van der Waals surface area contributed by atoms with E-state index in [1.165, 1.54) is 4.90 Å². The van der Waals surface area contributed by atoms with E-state index in [4.69, 9.17) is 4.42 Å². The van der Waals surface area contributed by atoms with Crippen molar-refractivity contribution in [3.63, 3.8) is 0 Å². The standard InChI is InChI=1S/C21H24F2N2O3/c1-14(4-6-17-3-2-12-28-17)24-20(26)15-8-10-25(11-9-15)21(27)18-7-5-16(22)13-19(18)23/h2-3,5,7,12-15H,4,6,8-11H2,1H3,(H,24,26). The van der Waals surface area contributed by atoms with E-state index in [-0.39, 0.29) is 23.4 Å². The normalized spacial score (nSPS) is 16.0. The summed E-state index contributed by atoms with van der Waals surface area (Å²) in [5.41, 5.74) is -0.143. The Bertz CT molecular complexity index is 815. The van der Waals surface area contributed by atoms with Crippen LogP contribution in [0.4, 0.5) is 8.78 Å². The summed E-state index contributed by atoms with van der Waals surface area (Å²) in [6, 6.07) is 6.70. The van der Waals surface area contributed by atoms with Crippen LogP contribution in [-0.4, -0.2) is 35.8 Å². The number of furan rings is 1. The fraction of sp³-hybridized carbons (Fsp3) is 0.429. The van der Waals surface area contributed by atoms with E-state index in [0.717, 1.165) is 30.7 Å². The van der Waals surface area contributed by atoms with Crippen LogP contribution in [0.5, 0.6) is 0 Å². The lowest BCUT2D eigenvalue weighted by molar-refractivity contribution is -0.126. The summed E-state index contributed by atoms with van der Waals surface area (Å²) in [7, 11) is 0. The number of nitrogens with zero attached hydrogens (tertiary/aromatic N) is 1. The summed E-state index contributed by atoms with van der Waals surface area (Å²) in [4.78, 5) is 26.4. The smallest absolute Gasteiger partial charge is 0.256 e. The highest BCUT2D eigenvalue weighted by atomic mass is 19.1. The van der Waals surface area contributed by atoms with E-state index in [0.29, 0.717) is 32.0 Å². The van der Waals surface area contributed by atoms with Crippen molar-refractivity contribution in [2.24, 2.45) is 5.92 Å². The topological polar surface area (TPSA) is 62.6 Å². The Morgan fingerprint density at radius 1 is 1.25 bits per heavy atom. The molecule has 3 rings (SSSR count). The van der Waals surface area contributed by atoms with Gasteiger partial charge in [0.05, 0.1) is 11.8 Å². The Labute approximate surface area is 162 Å². The molecular formula is C21H24F2N2O3. The third-order valence-corrected chi connectivity index (χ3v) is 5.11. The first kappa shape index (κ1) is 20.0. The molecule has 2 aromatic rings. The SMILES string of the molecule is CC(CCc1ccco1)NC(=O)C1CCN(C(=O)c2ccc(F)cc2F)CC1. The average Bonchev–Trinajstić information content (AvgIpc) is 3.20. The molecule has 1 N–H and O–H groups in total. The number of piperidine rings is 1. The Kier molecular flexibility index (Phi) is 6.44. The molecule has 1 aliphatic heterocycles. The molecule has 1 unspecified atom stereocenters. The lowest BCUT2D eigenvalue weighted by Gasteiger charge is -2.32. The molecule has 0 bridgehead atoms. The second-order valence-corrected chi connectivity index (χ2v) is 7.22. The van der Waals surface area contributed by atoms with E-state index >= 15 is 0 Å². The van der Waals surface area contributed by atoms with Crippen LogP contribution in [0.15, 0.2) is 41.0 Å². The van der Waals surface area contributed by atoms with Gasteiger partial charge in [0.15, 0.2) is 0 Å². The maximum atomic E-state index is 13.8. The summed E-state index contributed by atoms with van der Waals surface area (Å²) >= 11 is 0. The number of carbonyl (C=O) groups excluding carboxylic acids is 2. The largest absolute Gasteiger partial charge is 0.469 e. The van der Waals surface area contributed by atoms with Gasteiger partial charge in [-0.2, -0.15) is 0 Å². The number of halogens is 2. The number of rotatable bonds is 6. The van der Waals surface area contributed by atoms with Crippen LogP contribution < -0.4 is 5.32 Å². The van der Waals surface area contributed by atoms with E-state index in [1.54, 1.807) is 6.26 Å². The summed E-state index contributed by atoms with van der Waals surface area (Å²) < 4.78 is 32.1. The fourth-order valence-corrected chi connectivity index (χ4v) is 3.42. The number of carbonyl (C=O) groups is 2. The average molecular weight is 390 g/mol. The number of hydrogen-bond donors (Lipinski definition) is 1. The quantitative estimate of drug-likeness (QED) is 0.821. The molecule has 7 heteroatoms. The van der Waals surface area contributed by atoms with Crippen molar-refractivity contribution in [2.75, 3.05) is 13.1 Å². The Balaban J connectivity index is 1.46. The van der Waals surface area contributed by atoms with E-state index < -0.39 is 17.5 Å². The Hall–Kier alpha value is -2.70. The van der Waals surface area contributed by atoms with Crippen molar-refractivity contribution in [2.45, 2.75) is 38.6 Å². The number of aryl methyl sites for hydroxylation is 1. The van der Waals surface area contributed by atoms with Crippen LogP contribution >= 0.6 is 0 Å². The predicted octanol–water partition coefficient (Wildman–Crippen LogP) is 3.55. The zero-order valence-corrected chi connectivity index (χ0v) is 15.8. The molecule has 1 fully saturated rings. The lowest BCUT2D eigenvalue weighted by atomic mass is 9.95. The van der Waals surface area contributed by atoms with Gasteiger partial charge < -0.3 is 14.6 Å². The molecule has 0 aliphatic carbocycles. The molecule has 2 heterocycles. The van der Waals surface area contributed by atoms with Crippen LogP contribution in [0.1, 0.15) is 42.3 Å². The first-order valence-corrected chi connectivity index (χ1v) is 9.51. The second kappa shape index (κ2) is 8.99. The summed E-state index contributed by atoms with van der Waals surface area (Å²) in [6.07, 6.45) is 4.20. The minimum atomic E-state index is -0.866. The van der Waals surface area contributed by atoms with E-state index in [9.17, 15) is 18.4 Å². The molecule has 1 atom stereocenters. The highest BCUT2D eigenvalue weighted by molar-refractivity contribution is 5.94. The molecule has 0 radical (unpaired) electrons. The number of nitrogens with one attached hydrogen (secondary N) is 1. The lowest BCUT2D eigenvalue weighted by Crippen LogP contribution is -2.45. The maximum absolute atomic E-state index is 13.8. The first-order valence-electron chi connectivity index (χ1n) is 9.51. The Morgan fingerprint density at radius 2 is 2.00 bits per heavy atom. The van der Waals surface area contributed by atoms with Gasteiger partial charge in [-0.25, -0.2) is 8.78 Å². The fourth-order valence-electron chi connectivity index (χ4n) is 3.42. The van der Waals surface area contributed by atoms with Gasteiger partial charge in [0, 0.05) is 37.5 Å². The van der Waals surface area contributed by atoms with Crippen molar-refractivity contribution in [3.8, 4) is 0 Å². The summed E-state index contributed by atoms with van der Waals surface area (Å²) in [5, 5.41) is 3.02. The number of amides is 2. The molecule has 1 aromatic carbocycles. The highest BCUT2D eigenvalue weighted by Gasteiger charge is 2.29. The number of hydrogen-bond acceptors (Lipinski definition) is 3. The zero-order chi connectivity index (χ0) is 20.1. The maximum Gasteiger partial charge on any atom is 0.256 e. The predicted molar refractivity (Wildman–Crippen MR) is 99.6 cm³/mol. The van der Waals surface area contributed by atoms with Crippen molar-refractivity contribution in [3.05, 3.63) is 59.6 Å². The minimum absolute atomic E-state index is 0.0190. The van der Waals surface area contributed by atoms with Crippen LogP contribution in [0.25, 0.3) is 0 Å². The van der Waals surface area contributed by atoms with Crippen LogP contribution in [0.2, 0.25) is 0 Å². The van der Waals surface area contributed by atoms with Gasteiger partial charge in [0.2, 0.25) is 5.91 Å². The van der Waals surface area contributed by atoms with Crippen LogP contribution in [0, 0.1) is 17.6 Å². The van der Waals surface area contributed by atoms with Crippen molar-refractivity contribution in [1.29, 1.82) is 0 Å². The van der Waals surface area contributed by atoms with Gasteiger partial charge in [0.1, 0.15) is 17.4 Å². The molecule has 28 heavy (non-hydrogen) atoms. The van der Waals surface area contributed by atoms with Gasteiger partial charge in [-0.15, -0.1) is 0 Å². The number of likely N-dealkylation sites (tertiary alicyclic amines) is 1. The minimum Gasteiger partial charge on any atom is -0.469 e. The second-order valence-electron chi connectivity index (χ2n) is 7.22. The molecule has 5 nitrogen and oxygen atoms in total. The molecule has 2 amide bonds. The molecule has 1 aliphatic rings. The zero-order valence-electron chi connectivity index (χ0n) is 15.8. The molecule has 0 saturated carbocycles. The van der Waals surface area contributed by atoms with Crippen LogP contribution in [-0.2, 0) is 11.2 Å². The highest BCUT2D eigenvalue weighted by Crippen LogP contribution is 2.21. The van der Waals surface area contributed by atoms with Crippen molar-refractivity contribution in [1.82, 2.24) is 10.2 Å². The third kappa shape index (κ3) is 4.97. The molecule has 150 valence electrons. The molecule has 1 saturated heterocycles. The van der Waals surface area contributed by atoms with Gasteiger partial charge in [-0.05, 0) is 50.5 Å². The Morgan fingerprint density at radius 3 is 2.64 bits per heavy atom. The molecule has 0 spiro atoms. The van der Waals surface area contributed by atoms with E-state index in [1.807, 2.05) is 19.1 Å². The van der Waals surface area contributed by atoms with E-state index in [2.05, 4.69) is 5.32 Å². The van der Waals surface area contributed by atoms with Crippen molar-refractivity contribution < 1.29 is 22.8 Å². The van der Waals surface area contributed by atoms with Crippen LogP contribution in [0.3, 0.4) is 0 Å². The van der Waals surface area contributed by atoms with Gasteiger partial charge in [-0.3, -0.25) is 9.59 Å². The first-order chi connectivity index (χ1) is 13.4. The third-order valence-electron chi connectivity index (χ3n) is 5.11. The van der Waals surface area contributed by atoms with Gasteiger partial charge in [0.25, 0.3) is 5.91 Å². The van der Waals surface area contributed by atoms with Gasteiger partial charge >= 0.3 is 0 Å². The monoisotopic (exact) mass is 390 g/mol. The van der Waals surface area contributed by atoms with Gasteiger partial charge in [-0.1, -0.05) is 0 Å². The number of benzene rings is 1. The van der Waals surface area contributed by atoms with Crippen molar-refractivity contribution >= 4 is 11.8 Å². The summed E-state index contributed by atoms with van der Waals surface area (Å²) in [5.74, 6) is -1.36. The molecular weight excluding hydrogens is 366 g/mol.